The lowest BCUT2D eigenvalue weighted by atomic mass is 9.89. The van der Waals surface area contributed by atoms with E-state index in [1.54, 1.807) is 12.1 Å². The predicted octanol–water partition coefficient (Wildman–Crippen LogP) is 2.65. The number of carbonyl (C=O) groups excluding carboxylic acids is 1. The standard InChI is InChI=1S/C14H16F3N3OS/c1-13(6-7-22-12(18)20-13)10-4-2-9(3-5-10)11(21)19-8-14(15,16)17/h2-5H,6-8H2,1H3,(H2,18,20)(H,19,21). The molecule has 8 heteroatoms. The highest BCUT2D eigenvalue weighted by atomic mass is 32.2. The maximum atomic E-state index is 12.1. The van der Waals surface area contributed by atoms with Gasteiger partial charge in [-0.25, -0.2) is 0 Å². The zero-order valence-corrected chi connectivity index (χ0v) is 12.7. The third-order valence-corrected chi connectivity index (χ3v) is 4.21. The van der Waals surface area contributed by atoms with Crippen molar-refractivity contribution in [3.63, 3.8) is 0 Å². The van der Waals surface area contributed by atoms with Crippen LogP contribution in [0, 0.1) is 0 Å². The molecular weight excluding hydrogens is 315 g/mol. The fourth-order valence-electron chi connectivity index (χ4n) is 2.16. The summed E-state index contributed by atoms with van der Waals surface area (Å²) in [6.45, 7) is 0.599. The molecule has 120 valence electrons. The van der Waals surface area contributed by atoms with Gasteiger partial charge in [-0.2, -0.15) is 13.2 Å². The minimum absolute atomic E-state index is 0.179. The van der Waals surface area contributed by atoms with Crippen LogP contribution in [-0.2, 0) is 5.54 Å². The Morgan fingerprint density at radius 1 is 1.41 bits per heavy atom. The fourth-order valence-corrected chi connectivity index (χ4v) is 3.13. The quantitative estimate of drug-likeness (QED) is 0.895. The number of hydrogen-bond donors (Lipinski definition) is 2. The average molecular weight is 331 g/mol. The first kappa shape index (κ1) is 16.7. The summed E-state index contributed by atoms with van der Waals surface area (Å²) in [4.78, 5) is 16.1. The van der Waals surface area contributed by atoms with Gasteiger partial charge in [0.2, 0.25) is 0 Å². The summed E-state index contributed by atoms with van der Waals surface area (Å²) in [5, 5.41) is 2.35. The maximum Gasteiger partial charge on any atom is 0.405 e. The van der Waals surface area contributed by atoms with E-state index >= 15 is 0 Å². The lowest BCUT2D eigenvalue weighted by molar-refractivity contribution is -0.123. The van der Waals surface area contributed by atoms with E-state index in [0.717, 1.165) is 17.7 Å². The van der Waals surface area contributed by atoms with E-state index in [0.29, 0.717) is 5.17 Å². The Hall–Kier alpha value is -1.70. The monoisotopic (exact) mass is 331 g/mol. The Balaban J connectivity index is 2.10. The highest BCUT2D eigenvalue weighted by Crippen LogP contribution is 2.34. The summed E-state index contributed by atoms with van der Waals surface area (Å²) in [6.07, 6.45) is -3.62. The molecule has 0 saturated heterocycles. The third-order valence-electron chi connectivity index (χ3n) is 3.41. The van der Waals surface area contributed by atoms with Gasteiger partial charge in [0.05, 0.1) is 5.54 Å². The molecule has 0 radical (unpaired) electrons. The van der Waals surface area contributed by atoms with Gasteiger partial charge in [0.15, 0.2) is 5.17 Å². The second-order valence-corrected chi connectivity index (χ2v) is 6.31. The maximum absolute atomic E-state index is 12.1. The Morgan fingerprint density at radius 3 is 2.59 bits per heavy atom. The topological polar surface area (TPSA) is 67.5 Å². The highest BCUT2D eigenvalue weighted by Gasteiger charge is 2.30. The summed E-state index contributed by atoms with van der Waals surface area (Å²) < 4.78 is 36.2. The summed E-state index contributed by atoms with van der Waals surface area (Å²) in [6, 6.07) is 6.41. The average Bonchev–Trinajstić information content (AvgIpc) is 2.44. The minimum Gasteiger partial charge on any atom is -0.379 e. The molecule has 0 saturated carbocycles. The first-order chi connectivity index (χ1) is 10.2. The lowest BCUT2D eigenvalue weighted by Gasteiger charge is -2.29. The minimum atomic E-state index is -4.42. The van der Waals surface area contributed by atoms with E-state index in [9.17, 15) is 18.0 Å². The van der Waals surface area contributed by atoms with Crippen LogP contribution in [0.1, 0.15) is 29.3 Å². The summed E-state index contributed by atoms with van der Waals surface area (Å²) in [5.74, 6) is 0.0934. The van der Waals surface area contributed by atoms with Gasteiger partial charge in [-0.05, 0) is 31.0 Å². The van der Waals surface area contributed by atoms with Crippen LogP contribution in [0.4, 0.5) is 13.2 Å². The number of hydrogen-bond acceptors (Lipinski definition) is 4. The zero-order chi connectivity index (χ0) is 16.4. The number of nitrogens with zero attached hydrogens (tertiary/aromatic N) is 1. The molecule has 0 bridgehead atoms. The van der Waals surface area contributed by atoms with E-state index < -0.39 is 24.2 Å². The van der Waals surface area contributed by atoms with E-state index in [1.807, 2.05) is 12.2 Å². The highest BCUT2D eigenvalue weighted by molar-refractivity contribution is 8.13. The Morgan fingerprint density at radius 2 is 2.05 bits per heavy atom. The molecule has 1 aliphatic rings. The molecule has 22 heavy (non-hydrogen) atoms. The molecule has 0 aromatic heterocycles. The molecule has 3 N–H and O–H groups in total. The van der Waals surface area contributed by atoms with Crippen molar-refractivity contribution in [3.8, 4) is 0 Å². The van der Waals surface area contributed by atoms with Crippen LogP contribution >= 0.6 is 11.8 Å². The number of rotatable bonds is 3. The third kappa shape index (κ3) is 4.16. The van der Waals surface area contributed by atoms with Gasteiger partial charge in [0.25, 0.3) is 5.91 Å². The molecule has 1 atom stereocenters. The van der Waals surface area contributed by atoms with E-state index in [1.165, 1.54) is 23.9 Å². The van der Waals surface area contributed by atoms with Crippen LogP contribution in [0.25, 0.3) is 0 Å². The Bertz CT molecular complexity index is 586. The van der Waals surface area contributed by atoms with Gasteiger partial charge >= 0.3 is 6.18 Å². The van der Waals surface area contributed by atoms with Crippen molar-refractivity contribution in [1.29, 1.82) is 0 Å². The van der Waals surface area contributed by atoms with Crippen molar-refractivity contribution >= 4 is 22.8 Å². The van der Waals surface area contributed by atoms with Crippen molar-refractivity contribution in [2.24, 2.45) is 10.7 Å². The van der Waals surface area contributed by atoms with Gasteiger partial charge < -0.3 is 11.1 Å². The summed E-state index contributed by atoms with van der Waals surface area (Å²) >= 11 is 1.49. The van der Waals surface area contributed by atoms with E-state index in [4.69, 9.17) is 5.73 Å². The van der Waals surface area contributed by atoms with Gasteiger partial charge in [-0.15, -0.1) is 0 Å². The number of aliphatic imine (C=N–C) groups is 1. The summed E-state index contributed by atoms with van der Waals surface area (Å²) in [7, 11) is 0. The number of alkyl halides is 3. The fraction of sp³-hybridized carbons (Fsp3) is 0.429. The molecule has 1 aliphatic heterocycles. The van der Waals surface area contributed by atoms with Gasteiger partial charge in [-0.3, -0.25) is 9.79 Å². The van der Waals surface area contributed by atoms with Gasteiger partial charge in [0.1, 0.15) is 6.54 Å². The lowest BCUT2D eigenvalue weighted by Crippen LogP contribution is -2.33. The molecular formula is C14H16F3N3OS. The zero-order valence-electron chi connectivity index (χ0n) is 11.9. The number of amides is 1. The first-order valence-electron chi connectivity index (χ1n) is 6.63. The van der Waals surface area contributed by atoms with Crippen molar-refractivity contribution in [2.75, 3.05) is 12.3 Å². The number of amidine groups is 1. The van der Waals surface area contributed by atoms with Crippen LogP contribution < -0.4 is 11.1 Å². The molecule has 4 nitrogen and oxygen atoms in total. The smallest absolute Gasteiger partial charge is 0.379 e. The molecule has 1 unspecified atom stereocenters. The van der Waals surface area contributed by atoms with Crippen LogP contribution in [0.3, 0.4) is 0 Å². The Labute approximate surface area is 130 Å². The normalized spacial score (nSPS) is 22.1. The second-order valence-electron chi connectivity index (χ2n) is 5.20. The number of nitrogens with two attached hydrogens (primary N) is 1. The van der Waals surface area contributed by atoms with Gasteiger partial charge in [-0.1, -0.05) is 23.9 Å². The number of benzene rings is 1. The molecule has 1 amide bonds. The van der Waals surface area contributed by atoms with E-state index in [-0.39, 0.29) is 5.56 Å². The molecule has 0 fully saturated rings. The second kappa shape index (κ2) is 6.20. The van der Waals surface area contributed by atoms with Crippen LogP contribution in [0.5, 0.6) is 0 Å². The molecule has 1 heterocycles. The number of thioether (sulfide) groups is 1. The first-order valence-corrected chi connectivity index (χ1v) is 7.62. The molecule has 0 aliphatic carbocycles. The molecule has 1 aromatic carbocycles. The Kier molecular flexibility index (Phi) is 4.69. The largest absolute Gasteiger partial charge is 0.405 e. The predicted molar refractivity (Wildman–Crippen MR) is 80.9 cm³/mol. The van der Waals surface area contributed by atoms with Crippen molar-refractivity contribution in [2.45, 2.75) is 25.1 Å². The van der Waals surface area contributed by atoms with Gasteiger partial charge in [0, 0.05) is 11.3 Å². The van der Waals surface area contributed by atoms with Crippen LogP contribution in [0.2, 0.25) is 0 Å². The molecule has 1 aromatic rings. The molecule has 2 rings (SSSR count). The number of halogens is 3. The summed E-state index contributed by atoms with van der Waals surface area (Å²) in [5.41, 5.74) is 6.34. The van der Waals surface area contributed by atoms with Crippen LogP contribution in [0.15, 0.2) is 29.3 Å². The van der Waals surface area contributed by atoms with Crippen molar-refractivity contribution < 1.29 is 18.0 Å². The van der Waals surface area contributed by atoms with Crippen LogP contribution in [-0.4, -0.2) is 29.5 Å². The molecule has 0 spiro atoms. The SMILES string of the molecule is CC1(c2ccc(C(=O)NCC(F)(F)F)cc2)CCSC(N)=N1. The number of nitrogens with one attached hydrogen (secondary N) is 1. The van der Waals surface area contributed by atoms with E-state index in [2.05, 4.69) is 4.99 Å². The number of carbonyl (C=O) groups is 1. The van der Waals surface area contributed by atoms with Crippen molar-refractivity contribution in [1.82, 2.24) is 5.32 Å². The van der Waals surface area contributed by atoms with Crippen molar-refractivity contribution in [3.05, 3.63) is 35.4 Å².